The lowest BCUT2D eigenvalue weighted by molar-refractivity contribution is 0.411. The van der Waals surface area contributed by atoms with Crippen molar-refractivity contribution in [3.63, 3.8) is 0 Å². The molecule has 0 amide bonds. The second-order valence-electron chi connectivity index (χ2n) is 7.18. The summed E-state index contributed by atoms with van der Waals surface area (Å²) < 4.78 is 1.71. The van der Waals surface area contributed by atoms with Gasteiger partial charge >= 0.3 is 0 Å². The fraction of sp³-hybridized carbons (Fsp3) is 0.350. The van der Waals surface area contributed by atoms with Crippen LogP contribution in [0.3, 0.4) is 0 Å². The number of rotatable bonds is 6. The third kappa shape index (κ3) is 4.84. The lowest BCUT2D eigenvalue weighted by Crippen LogP contribution is -2.42. The van der Waals surface area contributed by atoms with E-state index in [1.165, 1.54) is 0 Å². The Morgan fingerprint density at radius 1 is 1.20 bits per heavy atom. The standard InChI is InChI=1S/C20H22ClN9/c1-29-13-16(10-26-29)27-20-25-11-17(21)18(28-20)12-23-15-4-6-30(7-5-15)19-3-2-14(8-22)9-24-19/h2-3,9-11,13,15,23H,4-7,12H2,1H3,(H,25,27,28). The lowest BCUT2D eigenvalue weighted by atomic mass is 10.0. The van der Waals surface area contributed by atoms with E-state index in [1.807, 2.05) is 19.3 Å². The molecule has 0 bridgehead atoms. The van der Waals surface area contributed by atoms with Crippen LogP contribution in [0.2, 0.25) is 5.02 Å². The largest absolute Gasteiger partial charge is 0.357 e. The normalized spacial score (nSPS) is 14.5. The van der Waals surface area contributed by atoms with E-state index >= 15 is 0 Å². The average Bonchev–Trinajstić information content (AvgIpc) is 3.19. The van der Waals surface area contributed by atoms with Gasteiger partial charge in [0, 0.05) is 45.1 Å². The van der Waals surface area contributed by atoms with Crippen LogP contribution in [0.1, 0.15) is 24.1 Å². The van der Waals surface area contributed by atoms with Crippen molar-refractivity contribution in [3.8, 4) is 6.07 Å². The Balaban J connectivity index is 1.30. The molecule has 0 atom stereocenters. The summed E-state index contributed by atoms with van der Waals surface area (Å²) in [4.78, 5) is 15.4. The number of nitrogens with one attached hydrogen (secondary N) is 2. The number of hydrogen-bond acceptors (Lipinski definition) is 8. The molecule has 154 valence electrons. The molecule has 0 spiro atoms. The van der Waals surface area contributed by atoms with Crippen molar-refractivity contribution in [2.24, 2.45) is 7.05 Å². The fourth-order valence-electron chi connectivity index (χ4n) is 3.39. The molecule has 1 aliphatic heterocycles. The Hall–Kier alpha value is -3.22. The first kappa shape index (κ1) is 20.1. The van der Waals surface area contributed by atoms with E-state index in [0.717, 1.165) is 43.1 Å². The predicted molar refractivity (Wildman–Crippen MR) is 115 cm³/mol. The van der Waals surface area contributed by atoms with Crippen molar-refractivity contribution >= 4 is 29.1 Å². The molecule has 0 aliphatic carbocycles. The fourth-order valence-corrected chi connectivity index (χ4v) is 3.55. The van der Waals surface area contributed by atoms with Gasteiger partial charge in [-0.1, -0.05) is 11.6 Å². The maximum absolute atomic E-state index is 8.90. The first-order valence-electron chi connectivity index (χ1n) is 9.72. The maximum Gasteiger partial charge on any atom is 0.227 e. The number of nitriles is 1. The van der Waals surface area contributed by atoms with Crippen LogP contribution in [-0.2, 0) is 13.6 Å². The van der Waals surface area contributed by atoms with E-state index in [0.29, 0.717) is 29.1 Å². The van der Waals surface area contributed by atoms with Crippen LogP contribution in [0.25, 0.3) is 0 Å². The van der Waals surface area contributed by atoms with Gasteiger partial charge in [0.1, 0.15) is 11.9 Å². The number of aromatic nitrogens is 5. The van der Waals surface area contributed by atoms with Gasteiger partial charge in [0.2, 0.25) is 5.95 Å². The monoisotopic (exact) mass is 423 g/mol. The van der Waals surface area contributed by atoms with Crippen molar-refractivity contribution in [1.82, 2.24) is 30.0 Å². The number of pyridine rings is 1. The van der Waals surface area contributed by atoms with Crippen LogP contribution in [0.4, 0.5) is 17.5 Å². The molecule has 9 nitrogen and oxygen atoms in total. The molecule has 0 aromatic carbocycles. The summed E-state index contributed by atoms with van der Waals surface area (Å²) in [6.07, 6.45) is 8.78. The highest BCUT2D eigenvalue weighted by molar-refractivity contribution is 6.31. The molecule has 0 radical (unpaired) electrons. The molecule has 10 heteroatoms. The summed E-state index contributed by atoms with van der Waals surface area (Å²) in [6, 6.07) is 6.19. The van der Waals surface area contributed by atoms with Crippen LogP contribution >= 0.6 is 11.6 Å². The first-order valence-corrected chi connectivity index (χ1v) is 10.1. The highest BCUT2D eigenvalue weighted by Gasteiger charge is 2.20. The Labute approximate surface area is 179 Å². The second-order valence-corrected chi connectivity index (χ2v) is 7.58. The zero-order chi connectivity index (χ0) is 20.9. The zero-order valence-corrected chi connectivity index (χ0v) is 17.3. The second kappa shape index (κ2) is 9.07. The Bertz CT molecular complexity index is 1030. The van der Waals surface area contributed by atoms with Crippen LogP contribution in [0.5, 0.6) is 0 Å². The minimum Gasteiger partial charge on any atom is -0.357 e. The topological polar surface area (TPSA) is 108 Å². The van der Waals surface area contributed by atoms with Crippen LogP contribution in [0.15, 0.2) is 36.9 Å². The average molecular weight is 424 g/mol. The van der Waals surface area contributed by atoms with Gasteiger partial charge in [0.25, 0.3) is 0 Å². The third-order valence-electron chi connectivity index (χ3n) is 5.03. The molecule has 3 aromatic heterocycles. The highest BCUT2D eigenvalue weighted by Crippen LogP contribution is 2.20. The molecule has 0 saturated carbocycles. The molecule has 4 rings (SSSR count). The summed E-state index contributed by atoms with van der Waals surface area (Å²) in [6.45, 7) is 2.38. The van der Waals surface area contributed by atoms with Crippen molar-refractivity contribution in [2.45, 2.75) is 25.4 Å². The van der Waals surface area contributed by atoms with E-state index in [9.17, 15) is 0 Å². The van der Waals surface area contributed by atoms with Crippen molar-refractivity contribution in [3.05, 3.63) is 53.2 Å². The predicted octanol–water partition coefficient (Wildman–Crippen LogP) is 2.63. The molecular formula is C20H22ClN9. The van der Waals surface area contributed by atoms with E-state index in [-0.39, 0.29) is 0 Å². The lowest BCUT2D eigenvalue weighted by Gasteiger charge is -2.33. The minimum absolute atomic E-state index is 0.375. The zero-order valence-electron chi connectivity index (χ0n) is 16.6. The first-order chi connectivity index (χ1) is 14.6. The van der Waals surface area contributed by atoms with E-state index in [2.05, 4.69) is 41.7 Å². The third-order valence-corrected chi connectivity index (χ3v) is 5.35. The van der Waals surface area contributed by atoms with Gasteiger partial charge in [0.15, 0.2) is 0 Å². The van der Waals surface area contributed by atoms with Crippen LogP contribution in [-0.4, -0.2) is 43.9 Å². The van der Waals surface area contributed by atoms with Crippen molar-refractivity contribution < 1.29 is 0 Å². The van der Waals surface area contributed by atoms with Crippen molar-refractivity contribution in [2.75, 3.05) is 23.3 Å². The molecule has 4 heterocycles. The van der Waals surface area contributed by atoms with E-state index in [4.69, 9.17) is 16.9 Å². The molecule has 0 unspecified atom stereocenters. The Kier molecular flexibility index (Phi) is 6.07. The van der Waals surface area contributed by atoms with E-state index in [1.54, 1.807) is 29.3 Å². The smallest absolute Gasteiger partial charge is 0.227 e. The van der Waals surface area contributed by atoms with Gasteiger partial charge in [-0.25, -0.2) is 15.0 Å². The summed E-state index contributed by atoms with van der Waals surface area (Å²) in [5, 5.41) is 20.3. The number of hydrogen-bond donors (Lipinski definition) is 2. The minimum atomic E-state index is 0.375. The van der Waals surface area contributed by atoms with Gasteiger partial charge in [-0.05, 0) is 25.0 Å². The molecule has 2 N–H and O–H groups in total. The number of aryl methyl sites for hydroxylation is 1. The molecular weight excluding hydrogens is 402 g/mol. The van der Waals surface area contributed by atoms with Crippen LogP contribution < -0.4 is 15.5 Å². The van der Waals surface area contributed by atoms with Gasteiger partial charge in [-0.2, -0.15) is 10.4 Å². The number of nitrogens with zero attached hydrogens (tertiary/aromatic N) is 7. The number of piperidine rings is 1. The van der Waals surface area contributed by atoms with Crippen LogP contribution in [0, 0.1) is 11.3 Å². The van der Waals surface area contributed by atoms with Gasteiger partial charge in [-0.15, -0.1) is 0 Å². The Morgan fingerprint density at radius 3 is 2.70 bits per heavy atom. The molecule has 3 aromatic rings. The SMILES string of the molecule is Cn1cc(Nc2ncc(Cl)c(CNC3CCN(c4ccc(C#N)cn4)CC3)n2)cn1. The molecule has 1 saturated heterocycles. The molecule has 1 aliphatic rings. The van der Waals surface area contributed by atoms with Crippen molar-refractivity contribution in [1.29, 1.82) is 5.26 Å². The molecule has 1 fully saturated rings. The van der Waals surface area contributed by atoms with Gasteiger partial charge < -0.3 is 15.5 Å². The highest BCUT2D eigenvalue weighted by atomic mass is 35.5. The summed E-state index contributed by atoms with van der Waals surface area (Å²) in [5.74, 6) is 1.41. The quantitative estimate of drug-likeness (QED) is 0.623. The number of anilines is 3. The van der Waals surface area contributed by atoms with Gasteiger partial charge in [-0.3, -0.25) is 4.68 Å². The molecule has 30 heavy (non-hydrogen) atoms. The van der Waals surface area contributed by atoms with Gasteiger partial charge in [0.05, 0.1) is 34.4 Å². The maximum atomic E-state index is 8.90. The summed E-state index contributed by atoms with van der Waals surface area (Å²) >= 11 is 6.30. The number of halogens is 1. The van der Waals surface area contributed by atoms with E-state index < -0.39 is 0 Å². The Morgan fingerprint density at radius 2 is 2.03 bits per heavy atom. The summed E-state index contributed by atoms with van der Waals surface area (Å²) in [5.41, 5.74) is 2.16. The summed E-state index contributed by atoms with van der Waals surface area (Å²) in [7, 11) is 1.85.